The molecule has 5 atom stereocenters. The molecule has 7 rings (SSSR count). The molecule has 2 aromatic rings. The maximum Gasteiger partial charge on any atom is 0.261 e. The first kappa shape index (κ1) is 21.1. The van der Waals surface area contributed by atoms with E-state index in [1.165, 1.54) is 10.5 Å². The van der Waals surface area contributed by atoms with Crippen molar-refractivity contribution in [3.05, 3.63) is 62.6 Å². The molecule has 1 saturated carbocycles. The number of phenols is 1. The van der Waals surface area contributed by atoms with Crippen LogP contribution in [0.3, 0.4) is 0 Å². The number of hydrogen-bond donors (Lipinski definition) is 4. The Kier molecular flexibility index (Phi) is 3.82. The number of aliphatic hydroxyl groups is 1. The number of likely N-dealkylation sites (tertiary alicyclic amines) is 2. The van der Waals surface area contributed by atoms with Crippen LogP contribution in [-0.4, -0.2) is 74.6 Å². The first-order valence-corrected chi connectivity index (χ1v) is 12.2. The van der Waals surface area contributed by atoms with Crippen LogP contribution in [0.15, 0.2) is 29.1 Å². The third-order valence-electron chi connectivity index (χ3n) is 9.68. The lowest BCUT2D eigenvalue weighted by molar-refractivity contribution is -0.126. The molecular weight excluding hydrogens is 448 g/mol. The summed E-state index contributed by atoms with van der Waals surface area (Å²) in [5.41, 5.74) is 6.70. The summed E-state index contributed by atoms with van der Waals surface area (Å²) in [6.07, 6.45) is 2.64. The topological polar surface area (TPSA) is 140 Å². The second-order valence-corrected chi connectivity index (χ2v) is 11.3. The lowest BCUT2D eigenvalue weighted by Gasteiger charge is -2.61. The van der Waals surface area contributed by atoms with E-state index in [9.17, 15) is 24.6 Å². The van der Waals surface area contributed by atoms with Crippen LogP contribution in [0.1, 0.15) is 52.0 Å². The number of nitrogens with zero attached hydrogens (tertiary/aromatic N) is 2. The van der Waals surface area contributed by atoms with Gasteiger partial charge in [-0.25, -0.2) is 0 Å². The van der Waals surface area contributed by atoms with Crippen LogP contribution in [0.2, 0.25) is 0 Å². The van der Waals surface area contributed by atoms with Crippen LogP contribution in [0.5, 0.6) is 5.75 Å². The number of nitrogens with one attached hydrogen (secondary N) is 1. The van der Waals surface area contributed by atoms with Crippen LogP contribution >= 0.6 is 0 Å². The summed E-state index contributed by atoms with van der Waals surface area (Å²) in [6.45, 7) is 1.21. The van der Waals surface area contributed by atoms with Gasteiger partial charge in [0.25, 0.3) is 11.5 Å². The average molecular weight is 477 g/mol. The van der Waals surface area contributed by atoms with E-state index in [1.54, 1.807) is 18.2 Å². The number of H-pyrrole nitrogens is 1. The van der Waals surface area contributed by atoms with Crippen molar-refractivity contribution in [3.8, 4) is 5.75 Å². The Morgan fingerprint density at radius 2 is 2.00 bits per heavy atom. The number of aromatic amines is 1. The molecule has 9 heteroatoms. The lowest BCUT2D eigenvalue weighted by Crippen LogP contribution is -2.74. The SMILES string of the molecule is CN1CC23CC4(Cc5[nH]c(=O)c(C(=O)N6CCC[C@H]6C(N)=O)cc5CC4(O)[C@H]12)c1cc(O)ccc13. The zero-order valence-corrected chi connectivity index (χ0v) is 19.5. The smallest absolute Gasteiger partial charge is 0.261 e. The number of primary amides is 1. The number of carbonyl (C=O) groups excluding carboxylic acids is 2. The molecule has 1 aromatic heterocycles. The molecule has 3 fully saturated rings. The Bertz CT molecular complexity index is 1400. The van der Waals surface area contributed by atoms with Gasteiger partial charge in [-0.05, 0) is 61.2 Å². The van der Waals surface area contributed by atoms with Gasteiger partial charge in [-0.3, -0.25) is 19.3 Å². The molecule has 3 aliphatic carbocycles. The molecule has 5 N–H and O–H groups in total. The van der Waals surface area contributed by atoms with Crippen molar-refractivity contribution >= 4 is 11.8 Å². The number of benzene rings is 1. The van der Waals surface area contributed by atoms with Gasteiger partial charge in [0.15, 0.2) is 0 Å². The number of carbonyl (C=O) groups is 2. The summed E-state index contributed by atoms with van der Waals surface area (Å²) in [5.74, 6) is -0.893. The predicted molar refractivity (Wildman–Crippen MR) is 125 cm³/mol. The normalized spacial score (nSPS) is 36.2. The first-order chi connectivity index (χ1) is 16.6. The molecule has 182 valence electrons. The molecule has 35 heavy (non-hydrogen) atoms. The van der Waals surface area contributed by atoms with Crippen LogP contribution in [0.25, 0.3) is 0 Å². The molecule has 9 nitrogen and oxygen atoms in total. The van der Waals surface area contributed by atoms with E-state index in [-0.39, 0.29) is 22.8 Å². The Labute approximate surface area is 201 Å². The molecule has 2 spiro atoms. The molecule has 2 aliphatic heterocycles. The molecule has 2 saturated heterocycles. The van der Waals surface area contributed by atoms with Crippen molar-refractivity contribution in [1.29, 1.82) is 0 Å². The van der Waals surface area contributed by atoms with Gasteiger partial charge in [-0.1, -0.05) is 6.07 Å². The number of aromatic nitrogens is 1. The second-order valence-electron chi connectivity index (χ2n) is 11.3. The third-order valence-corrected chi connectivity index (χ3v) is 9.68. The standard InChI is InChI=1S/C26H28N4O5/c1-29-12-24-11-25(17-8-14(31)4-5-16(17)24)10-18-13(9-26(25,35)23(24)29)7-15(21(33)28-18)22(34)30-6-2-3-19(30)20(27)32/h4-5,7-8,19,23,31,35H,2-3,6,9-12H2,1H3,(H2,27,32)(H,28,33)/t19-,23+,24?,25?,26?/m0/s1. The summed E-state index contributed by atoms with van der Waals surface area (Å²) in [6, 6.07) is 6.31. The predicted octanol–water partition coefficient (Wildman–Crippen LogP) is -0.0928. The van der Waals surface area contributed by atoms with E-state index in [0.29, 0.717) is 32.2 Å². The number of nitrogens with two attached hydrogens (primary N) is 1. The molecule has 3 heterocycles. The highest BCUT2D eigenvalue weighted by Crippen LogP contribution is 2.72. The number of phenolic OH excluding ortho intramolecular Hbond substituents is 1. The van der Waals surface area contributed by atoms with E-state index in [4.69, 9.17) is 5.73 Å². The molecule has 0 radical (unpaired) electrons. The van der Waals surface area contributed by atoms with E-state index in [1.807, 2.05) is 13.1 Å². The van der Waals surface area contributed by atoms with Gasteiger partial charge < -0.3 is 25.8 Å². The van der Waals surface area contributed by atoms with Gasteiger partial charge in [0.2, 0.25) is 5.91 Å². The van der Waals surface area contributed by atoms with E-state index >= 15 is 0 Å². The largest absolute Gasteiger partial charge is 0.508 e. The second kappa shape index (κ2) is 6.33. The molecule has 5 aliphatic rings. The van der Waals surface area contributed by atoms with Crippen LogP contribution in [0.4, 0.5) is 0 Å². The number of likely N-dealkylation sites (N-methyl/N-ethyl adjacent to an activating group) is 1. The Balaban J connectivity index is 1.35. The molecule has 1 aromatic carbocycles. The highest BCUT2D eigenvalue weighted by Gasteiger charge is 2.80. The third kappa shape index (κ3) is 2.29. The van der Waals surface area contributed by atoms with Crippen molar-refractivity contribution in [3.63, 3.8) is 0 Å². The Morgan fingerprint density at radius 3 is 2.74 bits per heavy atom. The van der Waals surface area contributed by atoms with Crippen molar-refractivity contribution < 1.29 is 19.8 Å². The minimum atomic E-state index is -1.10. The number of rotatable bonds is 2. The van der Waals surface area contributed by atoms with E-state index < -0.39 is 34.4 Å². The van der Waals surface area contributed by atoms with Crippen LogP contribution in [0, 0.1) is 0 Å². The van der Waals surface area contributed by atoms with Crippen molar-refractivity contribution in [2.45, 2.75) is 60.6 Å². The number of hydrogen-bond acceptors (Lipinski definition) is 6. The summed E-state index contributed by atoms with van der Waals surface area (Å²) in [4.78, 5) is 44.7. The minimum absolute atomic E-state index is 0.0191. The molecular formula is C26H28N4O5. The molecule has 3 unspecified atom stereocenters. The summed E-state index contributed by atoms with van der Waals surface area (Å²) in [5, 5.41) is 22.7. The summed E-state index contributed by atoms with van der Waals surface area (Å²) < 4.78 is 0. The Morgan fingerprint density at radius 1 is 1.20 bits per heavy atom. The van der Waals surface area contributed by atoms with Gasteiger partial charge >= 0.3 is 0 Å². The molecule has 2 bridgehead atoms. The monoisotopic (exact) mass is 476 g/mol. The van der Waals surface area contributed by atoms with E-state index in [2.05, 4.69) is 9.88 Å². The van der Waals surface area contributed by atoms with Crippen LogP contribution in [-0.2, 0) is 28.5 Å². The number of amides is 2. The van der Waals surface area contributed by atoms with Gasteiger partial charge in [-0.15, -0.1) is 0 Å². The minimum Gasteiger partial charge on any atom is -0.508 e. The van der Waals surface area contributed by atoms with Crippen molar-refractivity contribution in [2.75, 3.05) is 20.1 Å². The maximum atomic E-state index is 13.3. The zero-order chi connectivity index (χ0) is 24.5. The van der Waals surface area contributed by atoms with Gasteiger partial charge in [0.1, 0.15) is 17.4 Å². The zero-order valence-electron chi connectivity index (χ0n) is 19.5. The maximum absolute atomic E-state index is 13.3. The molecule has 2 amide bonds. The lowest BCUT2D eigenvalue weighted by atomic mass is 9.55. The fourth-order valence-electron chi connectivity index (χ4n) is 8.59. The Hall–Kier alpha value is -3.17. The summed E-state index contributed by atoms with van der Waals surface area (Å²) in [7, 11) is 2.02. The highest BCUT2D eigenvalue weighted by atomic mass is 16.3. The first-order valence-electron chi connectivity index (χ1n) is 12.2. The van der Waals surface area contributed by atoms with Crippen molar-refractivity contribution in [1.82, 2.24) is 14.8 Å². The number of aromatic hydroxyl groups is 1. The number of fused-ring (bicyclic) bond motifs is 3. The van der Waals surface area contributed by atoms with Gasteiger partial charge in [-0.2, -0.15) is 0 Å². The quantitative estimate of drug-likeness (QED) is 0.478. The van der Waals surface area contributed by atoms with E-state index in [0.717, 1.165) is 29.8 Å². The fraction of sp³-hybridized carbons (Fsp3) is 0.500. The average Bonchev–Trinajstić information content (AvgIpc) is 3.42. The highest BCUT2D eigenvalue weighted by molar-refractivity contribution is 5.97. The number of pyridine rings is 1. The van der Waals surface area contributed by atoms with Gasteiger partial charge in [0.05, 0.1) is 11.6 Å². The summed E-state index contributed by atoms with van der Waals surface area (Å²) >= 11 is 0. The van der Waals surface area contributed by atoms with Crippen molar-refractivity contribution in [2.24, 2.45) is 5.73 Å². The van der Waals surface area contributed by atoms with Crippen LogP contribution < -0.4 is 11.3 Å². The fourth-order valence-corrected chi connectivity index (χ4v) is 8.59. The van der Waals surface area contributed by atoms with Gasteiger partial charge in [0, 0.05) is 42.5 Å².